The lowest BCUT2D eigenvalue weighted by molar-refractivity contribution is 0.263. The van der Waals surface area contributed by atoms with Crippen molar-refractivity contribution in [2.75, 3.05) is 13.1 Å². The molecule has 0 saturated carbocycles. The molecule has 0 spiro atoms. The van der Waals surface area contributed by atoms with Gasteiger partial charge >= 0.3 is 0 Å². The highest BCUT2D eigenvalue weighted by Gasteiger charge is 2.20. The molecule has 15 heavy (non-hydrogen) atoms. The number of rotatable bonds is 3. The van der Waals surface area contributed by atoms with Gasteiger partial charge in [0.1, 0.15) is 0 Å². The second kappa shape index (κ2) is 4.37. The van der Waals surface area contributed by atoms with Gasteiger partial charge in [-0.1, -0.05) is 0 Å². The summed E-state index contributed by atoms with van der Waals surface area (Å²) in [4.78, 5) is 2.55. The van der Waals surface area contributed by atoms with Crippen LogP contribution in [0.2, 0.25) is 0 Å². The lowest BCUT2D eigenvalue weighted by Crippen LogP contribution is -2.22. The first-order valence-corrected chi connectivity index (χ1v) is 5.81. The normalized spacial score (nSPS) is 19.7. The molecule has 1 atom stereocenters. The molecule has 0 bridgehead atoms. The Balaban J connectivity index is 2.13. The third-order valence-electron chi connectivity index (χ3n) is 3.51. The molecule has 0 amide bonds. The summed E-state index contributed by atoms with van der Waals surface area (Å²) in [6.45, 7) is 5.41. The number of nitrogens with zero attached hydrogens (tertiary/aromatic N) is 2. The highest BCUT2D eigenvalue weighted by Crippen LogP contribution is 2.25. The third kappa shape index (κ3) is 2.08. The van der Waals surface area contributed by atoms with Crippen molar-refractivity contribution in [3.8, 4) is 0 Å². The molecular weight excluding hydrogens is 186 g/mol. The van der Waals surface area contributed by atoms with Crippen molar-refractivity contribution in [3.05, 3.63) is 23.5 Å². The first-order chi connectivity index (χ1) is 7.22. The van der Waals surface area contributed by atoms with Gasteiger partial charge in [0.05, 0.1) is 0 Å². The van der Waals surface area contributed by atoms with E-state index in [2.05, 4.69) is 35.7 Å². The Morgan fingerprint density at radius 3 is 2.60 bits per heavy atom. The predicted octanol–water partition coefficient (Wildman–Crippen LogP) is 1.64. The van der Waals surface area contributed by atoms with E-state index in [1.807, 2.05) is 0 Å². The zero-order chi connectivity index (χ0) is 10.8. The smallest absolute Gasteiger partial charge is 0.0334 e. The fraction of sp³-hybridized carbons (Fsp3) is 0.667. The maximum absolute atomic E-state index is 5.68. The van der Waals surface area contributed by atoms with Gasteiger partial charge in [0.25, 0.3) is 0 Å². The molecule has 1 fully saturated rings. The van der Waals surface area contributed by atoms with E-state index in [-0.39, 0.29) is 0 Å². The van der Waals surface area contributed by atoms with E-state index in [4.69, 9.17) is 5.73 Å². The minimum Gasteiger partial charge on any atom is -0.353 e. The monoisotopic (exact) mass is 207 g/mol. The summed E-state index contributed by atoms with van der Waals surface area (Å²) in [6.07, 6.45) is 4.91. The van der Waals surface area contributed by atoms with Gasteiger partial charge in [-0.05, 0) is 44.5 Å². The van der Waals surface area contributed by atoms with Crippen LogP contribution in [-0.2, 0) is 13.6 Å². The summed E-state index contributed by atoms with van der Waals surface area (Å²) >= 11 is 0. The highest BCUT2D eigenvalue weighted by atomic mass is 15.2. The number of aryl methyl sites for hydroxylation is 1. The van der Waals surface area contributed by atoms with E-state index in [0.29, 0.717) is 12.6 Å². The topological polar surface area (TPSA) is 34.2 Å². The molecule has 1 aliphatic rings. The molecule has 3 nitrogen and oxygen atoms in total. The van der Waals surface area contributed by atoms with Crippen LogP contribution < -0.4 is 5.73 Å². The maximum atomic E-state index is 5.68. The molecule has 84 valence electrons. The average Bonchev–Trinajstić information content (AvgIpc) is 2.85. The summed E-state index contributed by atoms with van der Waals surface area (Å²) in [5, 5.41) is 0. The molecule has 1 aromatic heterocycles. The third-order valence-corrected chi connectivity index (χ3v) is 3.51. The lowest BCUT2D eigenvalue weighted by atomic mass is 10.1. The molecule has 3 heteroatoms. The van der Waals surface area contributed by atoms with Crippen LogP contribution in [0.4, 0.5) is 0 Å². The molecule has 1 saturated heterocycles. The molecule has 0 aliphatic carbocycles. The molecule has 1 unspecified atom stereocenters. The first kappa shape index (κ1) is 10.7. The number of hydrogen-bond donors (Lipinski definition) is 1. The van der Waals surface area contributed by atoms with Gasteiger partial charge in [-0.3, -0.25) is 4.90 Å². The van der Waals surface area contributed by atoms with Crippen molar-refractivity contribution in [3.63, 3.8) is 0 Å². The number of aromatic nitrogens is 1. The minimum absolute atomic E-state index is 0.541. The van der Waals surface area contributed by atoms with E-state index in [1.54, 1.807) is 0 Å². The van der Waals surface area contributed by atoms with Gasteiger partial charge in [-0.2, -0.15) is 0 Å². The molecule has 2 N–H and O–H groups in total. The summed E-state index contributed by atoms with van der Waals surface area (Å²) in [5.74, 6) is 0. The van der Waals surface area contributed by atoms with Gasteiger partial charge in [-0.25, -0.2) is 0 Å². The second-order valence-corrected chi connectivity index (χ2v) is 4.50. The van der Waals surface area contributed by atoms with Crippen LogP contribution in [-0.4, -0.2) is 22.6 Å². The van der Waals surface area contributed by atoms with Crippen molar-refractivity contribution < 1.29 is 0 Å². The fourth-order valence-electron chi connectivity index (χ4n) is 2.41. The molecular formula is C12H21N3. The largest absolute Gasteiger partial charge is 0.353 e. The predicted molar refractivity (Wildman–Crippen MR) is 62.5 cm³/mol. The minimum atomic E-state index is 0.541. The SMILES string of the molecule is CC(c1cc(CN)n(C)c1)N1CCCC1. The Kier molecular flexibility index (Phi) is 3.12. The molecule has 2 rings (SSSR count). The van der Waals surface area contributed by atoms with E-state index in [1.165, 1.54) is 37.2 Å². The first-order valence-electron chi connectivity index (χ1n) is 5.81. The van der Waals surface area contributed by atoms with Crippen molar-refractivity contribution in [2.24, 2.45) is 12.8 Å². The maximum Gasteiger partial charge on any atom is 0.0334 e. The standard InChI is InChI=1S/C12H21N3/c1-10(15-5-3-4-6-15)11-7-12(8-13)14(2)9-11/h7,9-10H,3-6,8,13H2,1-2H3. The quantitative estimate of drug-likeness (QED) is 0.817. The zero-order valence-corrected chi connectivity index (χ0v) is 9.74. The van der Waals surface area contributed by atoms with Crippen LogP contribution in [0, 0.1) is 0 Å². The zero-order valence-electron chi connectivity index (χ0n) is 9.74. The van der Waals surface area contributed by atoms with Gasteiger partial charge in [-0.15, -0.1) is 0 Å². The second-order valence-electron chi connectivity index (χ2n) is 4.50. The fourth-order valence-corrected chi connectivity index (χ4v) is 2.41. The molecule has 1 aliphatic heterocycles. The van der Waals surface area contributed by atoms with Gasteiger partial charge < -0.3 is 10.3 Å². The van der Waals surface area contributed by atoms with Crippen LogP contribution in [0.25, 0.3) is 0 Å². The number of likely N-dealkylation sites (tertiary alicyclic amines) is 1. The highest BCUT2D eigenvalue weighted by molar-refractivity contribution is 5.21. The Hall–Kier alpha value is -0.800. The van der Waals surface area contributed by atoms with Crippen molar-refractivity contribution in [1.82, 2.24) is 9.47 Å². The van der Waals surface area contributed by atoms with Crippen LogP contribution in [0.1, 0.15) is 37.1 Å². The number of nitrogens with two attached hydrogens (primary N) is 1. The molecule has 2 heterocycles. The Morgan fingerprint density at radius 2 is 2.07 bits per heavy atom. The molecule has 0 aromatic carbocycles. The van der Waals surface area contributed by atoms with Gasteiger partial charge in [0.15, 0.2) is 0 Å². The summed E-state index contributed by atoms with van der Waals surface area (Å²) in [5.41, 5.74) is 8.30. The van der Waals surface area contributed by atoms with Crippen molar-refractivity contribution in [2.45, 2.75) is 32.4 Å². The van der Waals surface area contributed by atoms with Crippen molar-refractivity contribution in [1.29, 1.82) is 0 Å². The summed E-state index contributed by atoms with van der Waals surface area (Å²) in [6, 6.07) is 2.78. The van der Waals surface area contributed by atoms with Gasteiger partial charge in [0, 0.05) is 31.5 Å². The summed E-state index contributed by atoms with van der Waals surface area (Å²) in [7, 11) is 2.07. The Morgan fingerprint density at radius 1 is 1.40 bits per heavy atom. The average molecular weight is 207 g/mol. The summed E-state index contributed by atoms with van der Waals surface area (Å²) < 4.78 is 2.14. The van der Waals surface area contributed by atoms with E-state index < -0.39 is 0 Å². The van der Waals surface area contributed by atoms with E-state index in [9.17, 15) is 0 Å². The lowest BCUT2D eigenvalue weighted by Gasteiger charge is -2.22. The number of hydrogen-bond acceptors (Lipinski definition) is 2. The molecule has 0 radical (unpaired) electrons. The van der Waals surface area contributed by atoms with Crippen LogP contribution in [0.15, 0.2) is 12.3 Å². The van der Waals surface area contributed by atoms with Gasteiger partial charge in [0.2, 0.25) is 0 Å². The Labute approximate surface area is 91.9 Å². The van der Waals surface area contributed by atoms with Crippen LogP contribution in [0.5, 0.6) is 0 Å². The Bertz CT molecular complexity index is 324. The van der Waals surface area contributed by atoms with E-state index >= 15 is 0 Å². The van der Waals surface area contributed by atoms with Crippen LogP contribution in [0.3, 0.4) is 0 Å². The van der Waals surface area contributed by atoms with E-state index in [0.717, 1.165) is 0 Å². The van der Waals surface area contributed by atoms with Crippen LogP contribution >= 0.6 is 0 Å². The van der Waals surface area contributed by atoms with Crippen molar-refractivity contribution >= 4 is 0 Å². The molecule has 1 aromatic rings.